The first kappa shape index (κ1) is 16.7. The molecule has 1 aliphatic rings. The summed E-state index contributed by atoms with van der Waals surface area (Å²) >= 11 is 6.44. The Hall–Kier alpha value is -0.620. The Kier molecular flexibility index (Phi) is 6.05. The minimum atomic E-state index is 0.199. The van der Waals surface area contributed by atoms with E-state index < -0.39 is 0 Å². The highest BCUT2D eigenvalue weighted by molar-refractivity contribution is 6.31. The molecule has 1 aromatic heterocycles. The minimum Gasteiger partial charge on any atom is -0.378 e. The largest absolute Gasteiger partial charge is 0.378 e. The van der Waals surface area contributed by atoms with Gasteiger partial charge in [0.25, 0.3) is 0 Å². The van der Waals surface area contributed by atoms with Crippen LogP contribution in [0, 0.1) is 5.92 Å². The Bertz CT molecular complexity index is 449. The molecule has 0 bridgehead atoms. The van der Waals surface area contributed by atoms with Gasteiger partial charge in [-0.15, -0.1) is 0 Å². The molecule has 3 atom stereocenters. The van der Waals surface area contributed by atoms with Gasteiger partial charge in [0, 0.05) is 19.1 Å². The Morgan fingerprint density at radius 1 is 1.57 bits per heavy atom. The second kappa shape index (κ2) is 7.58. The van der Waals surface area contributed by atoms with Crippen LogP contribution in [0.5, 0.6) is 0 Å². The molecule has 0 aliphatic carbocycles. The van der Waals surface area contributed by atoms with Crippen LogP contribution in [0.4, 0.5) is 0 Å². The zero-order valence-corrected chi connectivity index (χ0v) is 14.2. The van der Waals surface area contributed by atoms with Gasteiger partial charge in [-0.2, -0.15) is 5.10 Å². The fraction of sp³-hybridized carbons (Fsp3) is 0.800. The van der Waals surface area contributed by atoms with Crippen molar-refractivity contribution in [3.8, 4) is 0 Å². The lowest BCUT2D eigenvalue weighted by atomic mass is 9.91. The number of aromatic nitrogens is 2. The molecule has 2 heterocycles. The van der Waals surface area contributed by atoms with Crippen LogP contribution in [0.25, 0.3) is 0 Å². The third-order valence-electron chi connectivity index (χ3n) is 4.17. The molecule has 6 heteroatoms. The number of nitrogens with zero attached hydrogens (tertiary/aromatic N) is 3. The summed E-state index contributed by atoms with van der Waals surface area (Å²) in [6, 6.07) is 0.199. The third kappa shape index (κ3) is 3.97. The van der Waals surface area contributed by atoms with E-state index in [2.05, 4.69) is 43.3 Å². The highest BCUT2D eigenvalue weighted by Crippen LogP contribution is 2.36. The predicted molar refractivity (Wildman–Crippen MR) is 85.7 cm³/mol. The molecular weight excluding hydrogens is 288 g/mol. The Morgan fingerprint density at radius 2 is 2.33 bits per heavy atom. The molecule has 120 valence electrons. The van der Waals surface area contributed by atoms with E-state index in [-0.39, 0.29) is 12.1 Å². The van der Waals surface area contributed by atoms with Crippen LogP contribution in [0.15, 0.2) is 6.20 Å². The average Bonchev–Trinajstić information content (AvgIpc) is 3.00. The highest BCUT2D eigenvalue weighted by atomic mass is 35.5. The van der Waals surface area contributed by atoms with Crippen molar-refractivity contribution >= 4 is 11.6 Å². The summed E-state index contributed by atoms with van der Waals surface area (Å²) in [5.41, 5.74) is 1.10. The highest BCUT2D eigenvalue weighted by Gasteiger charge is 2.35. The molecule has 0 amide bonds. The van der Waals surface area contributed by atoms with Crippen LogP contribution >= 0.6 is 11.6 Å². The fourth-order valence-electron chi connectivity index (χ4n) is 3.01. The summed E-state index contributed by atoms with van der Waals surface area (Å²) in [6.45, 7) is 7.80. The van der Waals surface area contributed by atoms with Gasteiger partial charge in [0.1, 0.15) is 0 Å². The summed E-state index contributed by atoms with van der Waals surface area (Å²) in [6.07, 6.45) is 3.08. The molecular formula is C15H27ClN4O. The van der Waals surface area contributed by atoms with Gasteiger partial charge in [-0.1, -0.05) is 18.5 Å². The third-order valence-corrected chi connectivity index (χ3v) is 4.47. The lowest BCUT2D eigenvalue weighted by Gasteiger charge is -2.28. The summed E-state index contributed by atoms with van der Waals surface area (Å²) in [4.78, 5) is 2.16. The normalized spacial score (nSPS) is 23.9. The number of rotatable bonds is 7. The molecule has 1 fully saturated rings. The second-order valence-electron chi connectivity index (χ2n) is 5.97. The van der Waals surface area contributed by atoms with Gasteiger partial charge >= 0.3 is 0 Å². The number of hydrogen-bond donors (Lipinski definition) is 1. The predicted octanol–water partition coefficient (Wildman–Crippen LogP) is 2.17. The van der Waals surface area contributed by atoms with Gasteiger partial charge in [-0.25, -0.2) is 0 Å². The molecule has 0 saturated carbocycles. The minimum absolute atomic E-state index is 0.199. The SMILES string of the molecule is CCNC(c1c(Cl)cnn1CCN(C)C)C1CCOC1C. The molecule has 0 aromatic carbocycles. The smallest absolute Gasteiger partial charge is 0.0834 e. The van der Waals surface area contributed by atoms with Crippen LogP contribution in [-0.2, 0) is 11.3 Å². The van der Waals surface area contributed by atoms with E-state index in [1.807, 2.05) is 4.68 Å². The zero-order chi connectivity index (χ0) is 15.4. The zero-order valence-electron chi connectivity index (χ0n) is 13.5. The number of ether oxygens (including phenoxy) is 1. The van der Waals surface area contributed by atoms with Crippen molar-refractivity contribution < 1.29 is 4.74 Å². The number of likely N-dealkylation sites (N-methyl/N-ethyl adjacent to an activating group) is 1. The average molecular weight is 315 g/mol. The Labute approximate surface area is 132 Å². The Balaban J connectivity index is 2.24. The van der Waals surface area contributed by atoms with E-state index in [1.54, 1.807) is 6.20 Å². The van der Waals surface area contributed by atoms with Crippen LogP contribution < -0.4 is 5.32 Å². The molecule has 3 unspecified atom stereocenters. The van der Waals surface area contributed by atoms with Crippen LogP contribution in [0.1, 0.15) is 32.0 Å². The quantitative estimate of drug-likeness (QED) is 0.837. The molecule has 21 heavy (non-hydrogen) atoms. The lowest BCUT2D eigenvalue weighted by Crippen LogP contribution is -2.34. The first-order valence-electron chi connectivity index (χ1n) is 7.75. The van der Waals surface area contributed by atoms with Gasteiger partial charge in [-0.05, 0) is 34.0 Å². The molecule has 1 aromatic rings. The summed E-state index contributed by atoms with van der Waals surface area (Å²) in [7, 11) is 4.14. The molecule has 1 aliphatic heterocycles. The van der Waals surface area contributed by atoms with Crippen LogP contribution in [0.2, 0.25) is 5.02 Å². The summed E-state index contributed by atoms with van der Waals surface area (Å²) in [5, 5.41) is 8.80. The van der Waals surface area contributed by atoms with Crippen molar-refractivity contribution in [1.29, 1.82) is 0 Å². The first-order valence-corrected chi connectivity index (χ1v) is 8.13. The maximum absolute atomic E-state index is 6.44. The van der Waals surface area contributed by atoms with Gasteiger partial charge in [0.05, 0.1) is 35.6 Å². The molecule has 1 saturated heterocycles. The molecule has 1 N–H and O–H groups in total. The van der Waals surface area contributed by atoms with E-state index in [1.165, 1.54) is 0 Å². The monoisotopic (exact) mass is 314 g/mol. The standard InChI is InChI=1S/C15H27ClN4O/c1-5-17-14(12-6-9-21-11(12)2)15-13(16)10-18-20(15)8-7-19(3)4/h10-12,14,17H,5-9H2,1-4H3. The maximum atomic E-state index is 6.44. The van der Waals surface area contributed by atoms with E-state index in [0.717, 1.165) is 43.4 Å². The Morgan fingerprint density at radius 3 is 2.90 bits per heavy atom. The van der Waals surface area contributed by atoms with Crippen molar-refractivity contribution in [2.75, 3.05) is 33.8 Å². The van der Waals surface area contributed by atoms with Gasteiger partial charge in [-0.3, -0.25) is 4.68 Å². The van der Waals surface area contributed by atoms with Gasteiger partial charge in [0.15, 0.2) is 0 Å². The molecule has 5 nitrogen and oxygen atoms in total. The number of nitrogens with one attached hydrogen (secondary N) is 1. The summed E-state index contributed by atoms with van der Waals surface area (Å²) < 4.78 is 7.79. The van der Waals surface area contributed by atoms with Crippen molar-refractivity contribution in [3.63, 3.8) is 0 Å². The van der Waals surface area contributed by atoms with Crippen molar-refractivity contribution in [2.45, 2.75) is 39.0 Å². The van der Waals surface area contributed by atoms with Crippen molar-refractivity contribution in [2.24, 2.45) is 5.92 Å². The van der Waals surface area contributed by atoms with Gasteiger partial charge < -0.3 is 15.0 Å². The van der Waals surface area contributed by atoms with E-state index >= 15 is 0 Å². The molecule has 0 radical (unpaired) electrons. The van der Waals surface area contributed by atoms with E-state index in [9.17, 15) is 0 Å². The van der Waals surface area contributed by atoms with Crippen molar-refractivity contribution in [3.05, 3.63) is 16.9 Å². The lowest BCUT2D eigenvalue weighted by molar-refractivity contribution is 0.0944. The number of hydrogen-bond acceptors (Lipinski definition) is 4. The van der Waals surface area contributed by atoms with E-state index in [4.69, 9.17) is 16.3 Å². The number of halogens is 1. The van der Waals surface area contributed by atoms with Gasteiger partial charge in [0.2, 0.25) is 0 Å². The summed E-state index contributed by atoms with van der Waals surface area (Å²) in [5.74, 6) is 0.442. The van der Waals surface area contributed by atoms with Crippen LogP contribution in [-0.4, -0.2) is 54.6 Å². The van der Waals surface area contributed by atoms with Crippen molar-refractivity contribution in [1.82, 2.24) is 20.0 Å². The fourth-order valence-corrected chi connectivity index (χ4v) is 3.27. The first-order chi connectivity index (χ1) is 10.0. The molecule has 2 rings (SSSR count). The topological polar surface area (TPSA) is 42.3 Å². The maximum Gasteiger partial charge on any atom is 0.0834 e. The second-order valence-corrected chi connectivity index (χ2v) is 6.38. The van der Waals surface area contributed by atoms with E-state index in [0.29, 0.717) is 5.92 Å². The molecule has 0 spiro atoms. The van der Waals surface area contributed by atoms with Crippen LogP contribution in [0.3, 0.4) is 0 Å².